The third kappa shape index (κ3) is 3.98. The van der Waals surface area contributed by atoms with Crippen molar-refractivity contribution >= 4 is 5.97 Å². The van der Waals surface area contributed by atoms with E-state index in [2.05, 4.69) is 0 Å². The van der Waals surface area contributed by atoms with Crippen LogP contribution in [0.3, 0.4) is 0 Å². The predicted octanol–water partition coefficient (Wildman–Crippen LogP) is 0.776. The largest absolute Gasteiger partial charge is 0.429 e. The second-order valence-electron chi connectivity index (χ2n) is 2.33. The van der Waals surface area contributed by atoms with Gasteiger partial charge in [0.25, 0.3) is 0 Å². The van der Waals surface area contributed by atoms with E-state index in [9.17, 15) is 4.79 Å². The fraction of sp³-hybridized carbons (Fsp3) is 0.625. The maximum atomic E-state index is 10.6. The molecule has 0 aliphatic heterocycles. The lowest BCUT2D eigenvalue weighted by atomic mass is 10.3. The normalized spacial score (nSPS) is 12.2. The number of allylic oxidation sites excluding steroid dienone is 1. The summed E-state index contributed by atoms with van der Waals surface area (Å²) in [5, 5.41) is 0. The highest BCUT2D eigenvalue weighted by atomic mass is 16.5. The van der Waals surface area contributed by atoms with Gasteiger partial charge in [0, 0.05) is 20.5 Å². The molecule has 0 unspecified atom stereocenters. The van der Waals surface area contributed by atoms with Crippen molar-refractivity contribution in [2.75, 3.05) is 13.7 Å². The Morgan fingerprint density at radius 1 is 1.50 bits per heavy atom. The van der Waals surface area contributed by atoms with Gasteiger partial charge in [0.1, 0.15) is 5.76 Å². The number of carbonyl (C=O) groups is 1. The average molecular weight is 173 g/mol. The first kappa shape index (κ1) is 11.0. The second-order valence-corrected chi connectivity index (χ2v) is 2.33. The molecule has 0 saturated carbocycles. The lowest BCUT2D eigenvalue weighted by molar-refractivity contribution is -0.137. The van der Waals surface area contributed by atoms with Crippen molar-refractivity contribution in [1.82, 2.24) is 0 Å². The van der Waals surface area contributed by atoms with E-state index < -0.39 is 0 Å². The molecule has 0 radical (unpaired) electrons. The van der Waals surface area contributed by atoms with Gasteiger partial charge >= 0.3 is 5.97 Å². The van der Waals surface area contributed by atoms with Gasteiger partial charge in [-0.1, -0.05) is 6.92 Å². The molecular weight excluding hydrogens is 158 g/mol. The molecule has 0 spiro atoms. The zero-order valence-corrected chi connectivity index (χ0v) is 7.72. The van der Waals surface area contributed by atoms with Crippen LogP contribution in [0.15, 0.2) is 11.5 Å². The summed E-state index contributed by atoms with van der Waals surface area (Å²) in [6.45, 7) is 3.49. The molecule has 0 rings (SSSR count). The van der Waals surface area contributed by atoms with E-state index in [1.54, 1.807) is 0 Å². The lowest BCUT2D eigenvalue weighted by Gasteiger charge is -2.08. The Morgan fingerprint density at radius 3 is 2.42 bits per heavy atom. The number of carbonyl (C=O) groups excluding carboxylic acids is 1. The molecule has 0 aliphatic rings. The number of hydrogen-bond acceptors (Lipinski definition) is 4. The third-order valence-corrected chi connectivity index (χ3v) is 1.25. The molecule has 0 amide bonds. The Labute approximate surface area is 72.3 Å². The zero-order valence-electron chi connectivity index (χ0n) is 7.72. The van der Waals surface area contributed by atoms with Crippen LogP contribution in [0, 0.1) is 0 Å². The Kier molecular flexibility index (Phi) is 5.12. The van der Waals surface area contributed by atoms with E-state index in [-0.39, 0.29) is 12.6 Å². The molecule has 0 atom stereocenters. The number of esters is 1. The number of rotatable bonds is 4. The van der Waals surface area contributed by atoms with E-state index in [1.807, 2.05) is 6.92 Å². The van der Waals surface area contributed by atoms with Gasteiger partial charge in [-0.05, 0) is 0 Å². The number of ether oxygens (including phenoxy) is 2. The zero-order chi connectivity index (χ0) is 9.56. The van der Waals surface area contributed by atoms with Crippen LogP contribution in [0.2, 0.25) is 0 Å². The first-order valence-electron chi connectivity index (χ1n) is 3.76. The monoisotopic (exact) mass is 173 g/mol. The molecule has 0 bridgehead atoms. The molecule has 0 aromatic rings. The summed E-state index contributed by atoms with van der Waals surface area (Å²) >= 11 is 0. The minimum absolute atomic E-state index is 0.288. The van der Waals surface area contributed by atoms with Crippen LogP contribution in [0.25, 0.3) is 0 Å². The fourth-order valence-electron chi connectivity index (χ4n) is 0.774. The minimum Gasteiger partial charge on any atom is -0.429 e. The minimum atomic E-state index is -0.356. The molecular formula is C8H15NO3. The van der Waals surface area contributed by atoms with E-state index in [1.165, 1.54) is 14.0 Å². The van der Waals surface area contributed by atoms with Crippen molar-refractivity contribution in [3.05, 3.63) is 11.5 Å². The summed E-state index contributed by atoms with van der Waals surface area (Å²) in [5.74, 6) is 0.134. The molecule has 0 aromatic heterocycles. The maximum Gasteiger partial charge on any atom is 0.307 e. The molecule has 12 heavy (non-hydrogen) atoms. The maximum absolute atomic E-state index is 10.6. The van der Waals surface area contributed by atoms with Gasteiger partial charge in [-0.3, -0.25) is 4.79 Å². The number of methoxy groups -OCH3 is 1. The van der Waals surface area contributed by atoms with Crippen molar-refractivity contribution in [3.8, 4) is 0 Å². The molecule has 0 heterocycles. The summed E-state index contributed by atoms with van der Waals surface area (Å²) in [5.41, 5.74) is 6.03. The van der Waals surface area contributed by atoms with Crippen LogP contribution in [0.1, 0.15) is 20.3 Å². The standard InChI is InChI=1S/C8H15NO3/c1-4-8(12-6(2)10)7(9)5-11-3/h4-5,9H2,1-3H3/b8-7-. The highest BCUT2D eigenvalue weighted by Crippen LogP contribution is 2.06. The van der Waals surface area contributed by atoms with Gasteiger partial charge in [-0.15, -0.1) is 0 Å². The van der Waals surface area contributed by atoms with E-state index in [0.717, 1.165) is 0 Å². The van der Waals surface area contributed by atoms with Gasteiger partial charge < -0.3 is 15.2 Å². The fourth-order valence-corrected chi connectivity index (χ4v) is 0.774. The highest BCUT2D eigenvalue weighted by molar-refractivity contribution is 5.67. The topological polar surface area (TPSA) is 61.5 Å². The summed E-state index contributed by atoms with van der Waals surface area (Å²) in [4.78, 5) is 10.6. The molecule has 0 aliphatic carbocycles. The molecule has 0 saturated heterocycles. The third-order valence-electron chi connectivity index (χ3n) is 1.25. The van der Waals surface area contributed by atoms with Crippen LogP contribution in [0.4, 0.5) is 0 Å². The molecule has 0 fully saturated rings. The van der Waals surface area contributed by atoms with Gasteiger partial charge in [0.2, 0.25) is 0 Å². The first-order chi connectivity index (χ1) is 5.61. The summed E-state index contributed by atoms with van der Waals surface area (Å²) in [7, 11) is 1.54. The number of nitrogens with two attached hydrogens (primary N) is 1. The van der Waals surface area contributed by atoms with Crippen molar-refractivity contribution in [2.45, 2.75) is 20.3 Å². The van der Waals surface area contributed by atoms with Crippen LogP contribution in [0.5, 0.6) is 0 Å². The van der Waals surface area contributed by atoms with Crippen LogP contribution in [-0.2, 0) is 14.3 Å². The van der Waals surface area contributed by atoms with Gasteiger partial charge in [0.15, 0.2) is 0 Å². The Hall–Kier alpha value is -1.03. The van der Waals surface area contributed by atoms with Crippen LogP contribution in [-0.4, -0.2) is 19.7 Å². The van der Waals surface area contributed by atoms with Gasteiger partial charge in [0.05, 0.1) is 12.3 Å². The summed E-state index contributed by atoms with van der Waals surface area (Å²) in [6, 6.07) is 0. The Morgan fingerprint density at radius 2 is 2.08 bits per heavy atom. The lowest BCUT2D eigenvalue weighted by Crippen LogP contribution is -2.12. The quantitative estimate of drug-likeness (QED) is 0.504. The van der Waals surface area contributed by atoms with Crippen LogP contribution >= 0.6 is 0 Å². The van der Waals surface area contributed by atoms with Crippen molar-refractivity contribution in [3.63, 3.8) is 0 Å². The van der Waals surface area contributed by atoms with Crippen molar-refractivity contribution < 1.29 is 14.3 Å². The molecule has 2 N–H and O–H groups in total. The highest BCUT2D eigenvalue weighted by Gasteiger charge is 2.04. The first-order valence-corrected chi connectivity index (χ1v) is 3.76. The van der Waals surface area contributed by atoms with Crippen molar-refractivity contribution in [2.24, 2.45) is 5.73 Å². The average Bonchev–Trinajstić information content (AvgIpc) is 2.00. The second kappa shape index (κ2) is 5.60. The van der Waals surface area contributed by atoms with Crippen LogP contribution < -0.4 is 5.73 Å². The van der Waals surface area contributed by atoms with Gasteiger partial charge in [-0.2, -0.15) is 0 Å². The molecule has 4 nitrogen and oxygen atoms in total. The van der Waals surface area contributed by atoms with Crippen molar-refractivity contribution in [1.29, 1.82) is 0 Å². The van der Waals surface area contributed by atoms with E-state index >= 15 is 0 Å². The Balaban J connectivity index is 4.27. The SMILES string of the molecule is CC/C(OC(C)=O)=C(/N)COC. The van der Waals surface area contributed by atoms with E-state index in [4.69, 9.17) is 15.2 Å². The van der Waals surface area contributed by atoms with E-state index in [0.29, 0.717) is 17.9 Å². The molecule has 0 aromatic carbocycles. The smallest absolute Gasteiger partial charge is 0.307 e. The predicted molar refractivity (Wildman–Crippen MR) is 45.1 cm³/mol. The molecule has 4 heteroatoms. The Bertz CT molecular complexity index is 187. The summed E-state index contributed by atoms with van der Waals surface area (Å²) < 4.78 is 9.64. The molecule has 70 valence electrons. The number of hydrogen-bond donors (Lipinski definition) is 1. The van der Waals surface area contributed by atoms with Gasteiger partial charge in [-0.25, -0.2) is 0 Å². The summed E-state index contributed by atoms with van der Waals surface area (Å²) in [6.07, 6.45) is 0.592.